The molecule has 0 saturated carbocycles. The van der Waals surface area contributed by atoms with Crippen LogP contribution in [0.5, 0.6) is 0 Å². The minimum absolute atomic E-state index is 0.0730. The van der Waals surface area contributed by atoms with Crippen LogP contribution in [0.3, 0.4) is 0 Å². The summed E-state index contributed by atoms with van der Waals surface area (Å²) in [5, 5.41) is 0. The number of likely N-dealkylation sites (tertiary alicyclic amines) is 1. The molecule has 1 fully saturated rings. The van der Waals surface area contributed by atoms with Crippen LogP contribution in [-0.4, -0.2) is 33.4 Å². The molecule has 0 radical (unpaired) electrons. The van der Waals surface area contributed by atoms with E-state index in [1.54, 1.807) is 0 Å². The molecule has 5 heteroatoms. The fourth-order valence-corrected chi connectivity index (χ4v) is 3.64. The van der Waals surface area contributed by atoms with Gasteiger partial charge in [-0.05, 0) is 43.4 Å². The average molecular weight is 357 g/mol. The minimum Gasteiger partial charge on any atom is -0.342 e. The standard InChI is InChI=1S/C21H28FN3O/c1-15(2)21(26)24-10-8-17(9-11-24)12-20-23-13-16(3)25(20)14-18-4-6-19(22)7-5-18/h4-7,13,15,17H,8-12,14H2,1-3H3. The number of nitrogens with zero attached hydrogens (tertiary/aromatic N) is 3. The third-order valence-electron chi connectivity index (χ3n) is 5.28. The van der Waals surface area contributed by atoms with Crippen molar-refractivity contribution in [3.05, 3.63) is 53.4 Å². The molecule has 0 bridgehead atoms. The molecule has 140 valence electrons. The second-order valence-corrected chi connectivity index (χ2v) is 7.66. The topological polar surface area (TPSA) is 38.1 Å². The number of rotatable bonds is 5. The van der Waals surface area contributed by atoms with Gasteiger partial charge in [0, 0.05) is 43.9 Å². The Kier molecular flexibility index (Phi) is 5.74. The van der Waals surface area contributed by atoms with E-state index in [2.05, 4.69) is 16.5 Å². The first-order valence-electron chi connectivity index (χ1n) is 9.48. The molecule has 0 N–H and O–H groups in total. The summed E-state index contributed by atoms with van der Waals surface area (Å²) in [5.41, 5.74) is 2.20. The van der Waals surface area contributed by atoms with E-state index in [4.69, 9.17) is 0 Å². The van der Waals surface area contributed by atoms with Crippen molar-refractivity contribution in [2.24, 2.45) is 11.8 Å². The van der Waals surface area contributed by atoms with Gasteiger partial charge in [-0.2, -0.15) is 0 Å². The predicted molar refractivity (Wildman–Crippen MR) is 100 cm³/mol. The molecule has 1 aromatic heterocycles. The third kappa shape index (κ3) is 4.32. The van der Waals surface area contributed by atoms with Crippen molar-refractivity contribution in [3.8, 4) is 0 Å². The summed E-state index contributed by atoms with van der Waals surface area (Å²) in [6.07, 6.45) is 4.90. The summed E-state index contributed by atoms with van der Waals surface area (Å²) in [5.74, 6) is 1.76. The zero-order valence-corrected chi connectivity index (χ0v) is 15.9. The second-order valence-electron chi connectivity index (χ2n) is 7.66. The van der Waals surface area contributed by atoms with Crippen molar-refractivity contribution < 1.29 is 9.18 Å². The Balaban J connectivity index is 1.63. The van der Waals surface area contributed by atoms with Gasteiger partial charge in [-0.15, -0.1) is 0 Å². The SMILES string of the molecule is Cc1cnc(CC2CCN(C(=O)C(C)C)CC2)n1Cc1ccc(F)cc1. The van der Waals surface area contributed by atoms with Crippen molar-refractivity contribution in [2.75, 3.05) is 13.1 Å². The lowest BCUT2D eigenvalue weighted by molar-refractivity contribution is -0.135. The van der Waals surface area contributed by atoms with E-state index in [0.29, 0.717) is 12.5 Å². The van der Waals surface area contributed by atoms with Gasteiger partial charge >= 0.3 is 0 Å². The van der Waals surface area contributed by atoms with E-state index < -0.39 is 0 Å². The lowest BCUT2D eigenvalue weighted by Crippen LogP contribution is -2.41. The van der Waals surface area contributed by atoms with Crippen molar-refractivity contribution in [1.29, 1.82) is 0 Å². The van der Waals surface area contributed by atoms with Gasteiger partial charge in [0.1, 0.15) is 11.6 Å². The molecule has 2 heterocycles. The molecule has 0 atom stereocenters. The molecule has 0 unspecified atom stereocenters. The number of carbonyl (C=O) groups is 1. The summed E-state index contributed by atoms with van der Waals surface area (Å²) in [4.78, 5) is 18.7. The maximum Gasteiger partial charge on any atom is 0.225 e. The van der Waals surface area contributed by atoms with Crippen LogP contribution in [0, 0.1) is 24.6 Å². The van der Waals surface area contributed by atoms with Gasteiger partial charge in [-0.1, -0.05) is 26.0 Å². The normalized spacial score (nSPS) is 15.7. The van der Waals surface area contributed by atoms with Gasteiger partial charge in [0.25, 0.3) is 0 Å². The molecule has 26 heavy (non-hydrogen) atoms. The fourth-order valence-electron chi connectivity index (χ4n) is 3.64. The number of aromatic nitrogens is 2. The quantitative estimate of drug-likeness (QED) is 0.816. The third-order valence-corrected chi connectivity index (χ3v) is 5.28. The smallest absolute Gasteiger partial charge is 0.225 e. The molecule has 2 aromatic rings. The van der Waals surface area contributed by atoms with Crippen molar-refractivity contribution in [2.45, 2.75) is 46.6 Å². The highest BCUT2D eigenvalue weighted by molar-refractivity contribution is 5.78. The van der Waals surface area contributed by atoms with Crippen LogP contribution in [0.25, 0.3) is 0 Å². The molecule has 0 spiro atoms. The van der Waals surface area contributed by atoms with Crippen molar-refractivity contribution in [1.82, 2.24) is 14.5 Å². The van der Waals surface area contributed by atoms with E-state index >= 15 is 0 Å². The monoisotopic (exact) mass is 357 g/mol. The van der Waals surface area contributed by atoms with Gasteiger partial charge < -0.3 is 9.47 Å². The molecule has 3 rings (SSSR count). The largest absolute Gasteiger partial charge is 0.342 e. The lowest BCUT2D eigenvalue weighted by atomic mass is 9.92. The van der Waals surface area contributed by atoms with Gasteiger partial charge in [0.15, 0.2) is 0 Å². The van der Waals surface area contributed by atoms with Gasteiger partial charge in [-0.25, -0.2) is 9.37 Å². The maximum absolute atomic E-state index is 13.1. The van der Waals surface area contributed by atoms with Crippen LogP contribution in [0.2, 0.25) is 0 Å². The van der Waals surface area contributed by atoms with E-state index in [9.17, 15) is 9.18 Å². The first kappa shape index (κ1) is 18.6. The maximum atomic E-state index is 13.1. The Bertz CT molecular complexity index is 743. The van der Waals surface area contributed by atoms with Crippen LogP contribution >= 0.6 is 0 Å². The molecule has 0 aliphatic carbocycles. The molecular formula is C21H28FN3O. The van der Waals surface area contributed by atoms with Gasteiger partial charge in [-0.3, -0.25) is 4.79 Å². The van der Waals surface area contributed by atoms with Crippen LogP contribution in [0.4, 0.5) is 4.39 Å². The molecule has 4 nitrogen and oxygen atoms in total. The Morgan fingerprint density at radius 1 is 1.23 bits per heavy atom. The Hall–Kier alpha value is -2.17. The number of halogens is 1. The number of hydrogen-bond donors (Lipinski definition) is 0. The second kappa shape index (κ2) is 8.02. The van der Waals surface area contributed by atoms with Crippen LogP contribution in [0.1, 0.15) is 43.8 Å². The highest BCUT2D eigenvalue weighted by Gasteiger charge is 2.25. The predicted octanol–water partition coefficient (Wildman–Crippen LogP) is 3.82. The van der Waals surface area contributed by atoms with E-state index in [-0.39, 0.29) is 17.6 Å². The van der Waals surface area contributed by atoms with E-state index in [1.165, 1.54) is 12.1 Å². The molecule has 1 amide bonds. The highest BCUT2D eigenvalue weighted by atomic mass is 19.1. The Labute approximate surface area is 155 Å². The summed E-state index contributed by atoms with van der Waals surface area (Å²) < 4.78 is 15.3. The zero-order chi connectivity index (χ0) is 18.7. The van der Waals surface area contributed by atoms with Crippen molar-refractivity contribution in [3.63, 3.8) is 0 Å². The van der Waals surface area contributed by atoms with Crippen LogP contribution in [-0.2, 0) is 17.8 Å². The number of amides is 1. The number of benzene rings is 1. The molecular weight excluding hydrogens is 329 g/mol. The Morgan fingerprint density at radius 2 is 1.88 bits per heavy atom. The first-order valence-corrected chi connectivity index (χ1v) is 9.48. The number of piperidine rings is 1. The zero-order valence-electron chi connectivity index (χ0n) is 15.9. The number of hydrogen-bond acceptors (Lipinski definition) is 2. The van der Waals surface area contributed by atoms with Crippen LogP contribution in [0.15, 0.2) is 30.5 Å². The van der Waals surface area contributed by atoms with E-state index in [1.807, 2.05) is 37.1 Å². The van der Waals surface area contributed by atoms with E-state index in [0.717, 1.165) is 49.4 Å². The van der Waals surface area contributed by atoms with Crippen molar-refractivity contribution >= 4 is 5.91 Å². The molecule has 1 aliphatic rings. The minimum atomic E-state index is -0.209. The highest BCUT2D eigenvalue weighted by Crippen LogP contribution is 2.23. The molecule has 1 aromatic carbocycles. The lowest BCUT2D eigenvalue weighted by Gasteiger charge is -2.33. The summed E-state index contributed by atoms with van der Waals surface area (Å²) in [6.45, 7) is 8.39. The summed E-state index contributed by atoms with van der Waals surface area (Å²) in [7, 11) is 0. The number of imidazole rings is 1. The average Bonchev–Trinajstić information content (AvgIpc) is 2.97. The van der Waals surface area contributed by atoms with Gasteiger partial charge in [0.2, 0.25) is 5.91 Å². The molecule has 1 aliphatic heterocycles. The molecule has 1 saturated heterocycles. The number of carbonyl (C=O) groups excluding carboxylic acids is 1. The summed E-state index contributed by atoms with van der Waals surface area (Å²) >= 11 is 0. The number of aryl methyl sites for hydroxylation is 1. The Morgan fingerprint density at radius 3 is 2.50 bits per heavy atom. The fraction of sp³-hybridized carbons (Fsp3) is 0.524. The first-order chi connectivity index (χ1) is 12.4. The van der Waals surface area contributed by atoms with Gasteiger partial charge in [0.05, 0.1) is 0 Å². The van der Waals surface area contributed by atoms with Crippen LogP contribution < -0.4 is 0 Å². The summed E-state index contributed by atoms with van der Waals surface area (Å²) in [6, 6.07) is 6.66.